The Balaban J connectivity index is 2.16. The SMILES string of the molecule is CC(C)[C@@H]1C[C@@H](O)CN1C(=O)c1cocn1. The summed E-state index contributed by atoms with van der Waals surface area (Å²) in [5, 5.41) is 9.63. The molecule has 1 fully saturated rings. The van der Waals surface area contributed by atoms with Crippen molar-refractivity contribution in [2.24, 2.45) is 5.92 Å². The van der Waals surface area contributed by atoms with E-state index in [4.69, 9.17) is 4.42 Å². The van der Waals surface area contributed by atoms with E-state index >= 15 is 0 Å². The van der Waals surface area contributed by atoms with Gasteiger partial charge in [-0.1, -0.05) is 13.8 Å². The van der Waals surface area contributed by atoms with Crippen LogP contribution in [0.15, 0.2) is 17.1 Å². The van der Waals surface area contributed by atoms with Gasteiger partial charge in [0.15, 0.2) is 12.1 Å². The number of β-amino-alcohol motifs (C(OH)–C–C–N with tert-alkyl or cyclic N) is 1. The number of nitrogens with zero attached hydrogens (tertiary/aromatic N) is 2. The molecule has 0 unspecified atom stereocenters. The van der Waals surface area contributed by atoms with Gasteiger partial charge < -0.3 is 14.4 Å². The number of amides is 1. The first-order valence-electron chi connectivity index (χ1n) is 5.47. The van der Waals surface area contributed by atoms with Crippen LogP contribution in [0.2, 0.25) is 0 Å². The van der Waals surface area contributed by atoms with Crippen LogP contribution in [0.5, 0.6) is 0 Å². The fourth-order valence-corrected chi connectivity index (χ4v) is 2.17. The normalized spacial score (nSPS) is 25.4. The predicted molar refractivity (Wildman–Crippen MR) is 56.8 cm³/mol. The molecule has 0 bridgehead atoms. The van der Waals surface area contributed by atoms with Crippen LogP contribution < -0.4 is 0 Å². The van der Waals surface area contributed by atoms with E-state index in [1.807, 2.05) is 13.8 Å². The zero-order chi connectivity index (χ0) is 11.7. The molecule has 1 aliphatic heterocycles. The van der Waals surface area contributed by atoms with Crippen LogP contribution >= 0.6 is 0 Å². The van der Waals surface area contributed by atoms with Gasteiger partial charge in [-0.15, -0.1) is 0 Å². The first-order valence-corrected chi connectivity index (χ1v) is 5.47. The van der Waals surface area contributed by atoms with Crippen LogP contribution in [-0.2, 0) is 0 Å². The second-order valence-electron chi connectivity index (χ2n) is 4.53. The number of likely N-dealkylation sites (tertiary alicyclic amines) is 1. The van der Waals surface area contributed by atoms with Crippen molar-refractivity contribution in [3.63, 3.8) is 0 Å². The molecular formula is C11H16N2O3. The molecule has 2 heterocycles. The lowest BCUT2D eigenvalue weighted by Gasteiger charge is -2.26. The molecular weight excluding hydrogens is 208 g/mol. The molecule has 5 heteroatoms. The van der Waals surface area contributed by atoms with Gasteiger partial charge in [0, 0.05) is 12.6 Å². The highest BCUT2D eigenvalue weighted by molar-refractivity contribution is 5.92. The van der Waals surface area contributed by atoms with Gasteiger partial charge in [-0.25, -0.2) is 4.98 Å². The third kappa shape index (κ3) is 1.95. The summed E-state index contributed by atoms with van der Waals surface area (Å²) in [4.78, 5) is 17.6. The van der Waals surface area contributed by atoms with E-state index in [2.05, 4.69) is 4.98 Å². The summed E-state index contributed by atoms with van der Waals surface area (Å²) in [6, 6.07) is 0.0826. The zero-order valence-corrected chi connectivity index (χ0v) is 9.46. The molecule has 0 radical (unpaired) electrons. The number of oxazole rings is 1. The van der Waals surface area contributed by atoms with E-state index in [1.165, 1.54) is 12.7 Å². The lowest BCUT2D eigenvalue weighted by molar-refractivity contribution is 0.0680. The van der Waals surface area contributed by atoms with Gasteiger partial charge in [0.25, 0.3) is 5.91 Å². The average molecular weight is 224 g/mol. The highest BCUT2D eigenvalue weighted by Gasteiger charge is 2.36. The number of aromatic nitrogens is 1. The van der Waals surface area contributed by atoms with Gasteiger partial charge in [-0.05, 0) is 12.3 Å². The van der Waals surface area contributed by atoms with Gasteiger partial charge >= 0.3 is 0 Å². The van der Waals surface area contributed by atoms with E-state index in [9.17, 15) is 9.90 Å². The minimum absolute atomic E-state index is 0.0826. The summed E-state index contributed by atoms with van der Waals surface area (Å²) < 4.78 is 4.80. The van der Waals surface area contributed by atoms with Crippen LogP contribution in [0.1, 0.15) is 30.8 Å². The number of hydrogen-bond donors (Lipinski definition) is 1. The highest BCUT2D eigenvalue weighted by atomic mass is 16.3. The van der Waals surface area contributed by atoms with Crippen LogP contribution in [-0.4, -0.2) is 39.6 Å². The third-order valence-corrected chi connectivity index (χ3v) is 3.00. The highest BCUT2D eigenvalue weighted by Crippen LogP contribution is 2.25. The molecule has 2 atom stereocenters. The Hall–Kier alpha value is -1.36. The van der Waals surface area contributed by atoms with Gasteiger partial charge in [-0.2, -0.15) is 0 Å². The van der Waals surface area contributed by atoms with E-state index < -0.39 is 6.10 Å². The summed E-state index contributed by atoms with van der Waals surface area (Å²) >= 11 is 0. The number of rotatable bonds is 2. The van der Waals surface area contributed by atoms with Crippen molar-refractivity contribution in [3.8, 4) is 0 Å². The molecule has 88 valence electrons. The van der Waals surface area contributed by atoms with Crippen LogP contribution in [0.4, 0.5) is 0 Å². The second kappa shape index (κ2) is 4.25. The van der Waals surface area contributed by atoms with E-state index in [1.54, 1.807) is 4.90 Å². The predicted octanol–water partition coefficient (Wildman–Crippen LogP) is 0.906. The molecule has 1 aromatic rings. The Kier molecular flexibility index (Phi) is 2.96. The van der Waals surface area contributed by atoms with Crippen molar-refractivity contribution >= 4 is 5.91 Å². The fraction of sp³-hybridized carbons (Fsp3) is 0.636. The molecule has 5 nitrogen and oxygen atoms in total. The van der Waals surface area contributed by atoms with Crippen molar-refractivity contribution in [2.45, 2.75) is 32.4 Å². The fourth-order valence-electron chi connectivity index (χ4n) is 2.17. The van der Waals surface area contributed by atoms with Crippen molar-refractivity contribution in [3.05, 3.63) is 18.4 Å². The topological polar surface area (TPSA) is 66.6 Å². The maximum Gasteiger partial charge on any atom is 0.276 e. The molecule has 1 aromatic heterocycles. The molecule has 0 saturated carbocycles. The lowest BCUT2D eigenvalue weighted by atomic mass is 10.0. The van der Waals surface area contributed by atoms with Gasteiger partial charge in [0.2, 0.25) is 0 Å². The summed E-state index contributed by atoms with van der Waals surface area (Å²) in [6.45, 7) is 4.48. The van der Waals surface area contributed by atoms with Crippen molar-refractivity contribution in [1.82, 2.24) is 9.88 Å². The Labute approximate surface area is 94.1 Å². The summed E-state index contributed by atoms with van der Waals surface area (Å²) in [7, 11) is 0. The van der Waals surface area contributed by atoms with Crippen LogP contribution in [0.3, 0.4) is 0 Å². The smallest absolute Gasteiger partial charge is 0.276 e. The van der Waals surface area contributed by atoms with Crippen LogP contribution in [0.25, 0.3) is 0 Å². The zero-order valence-electron chi connectivity index (χ0n) is 9.46. The maximum atomic E-state index is 12.1. The Bertz CT molecular complexity index is 361. The number of aliphatic hydroxyl groups is 1. The first kappa shape index (κ1) is 11.1. The Morgan fingerprint density at radius 1 is 1.69 bits per heavy atom. The average Bonchev–Trinajstić information content (AvgIpc) is 2.84. The molecule has 1 N–H and O–H groups in total. The molecule has 16 heavy (non-hydrogen) atoms. The quantitative estimate of drug-likeness (QED) is 0.810. The van der Waals surface area contributed by atoms with Gasteiger partial charge in [0.1, 0.15) is 6.26 Å². The van der Waals surface area contributed by atoms with Crippen molar-refractivity contribution in [1.29, 1.82) is 0 Å². The lowest BCUT2D eigenvalue weighted by Crippen LogP contribution is -2.38. The van der Waals surface area contributed by atoms with Gasteiger partial charge in [-0.3, -0.25) is 4.79 Å². The van der Waals surface area contributed by atoms with E-state index in [0.29, 0.717) is 24.6 Å². The largest absolute Gasteiger partial charge is 0.451 e. The van der Waals surface area contributed by atoms with Crippen molar-refractivity contribution < 1.29 is 14.3 Å². The molecule has 1 saturated heterocycles. The van der Waals surface area contributed by atoms with Crippen LogP contribution in [0, 0.1) is 5.92 Å². The van der Waals surface area contributed by atoms with Gasteiger partial charge in [0.05, 0.1) is 6.10 Å². The molecule has 0 spiro atoms. The monoisotopic (exact) mass is 224 g/mol. The second-order valence-corrected chi connectivity index (χ2v) is 4.53. The number of hydrogen-bond acceptors (Lipinski definition) is 4. The number of carbonyl (C=O) groups excluding carboxylic acids is 1. The summed E-state index contributed by atoms with van der Waals surface area (Å²) in [5.74, 6) is 0.164. The van der Waals surface area contributed by atoms with E-state index in [0.717, 1.165) is 0 Å². The number of aliphatic hydroxyl groups excluding tert-OH is 1. The summed E-state index contributed by atoms with van der Waals surface area (Å²) in [6.07, 6.45) is 2.79. The maximum absolute atomic E-state index is 12.1. The third-order valence-electron chi connectivity index (χ3n) is 3.00. The van der Waals surface area contributed by atoms with Crippen molar-refractivity contribution in [2.75, 3.05) is 6.54 Å². The Morgan fingerprint density at radius 2 is 2.44 bits per heavy atom. The minimum atomic E-state index is -0.428. The molecule has 2 rings (SSSR count). The molecule has 1 amide bonds. The minimum Gasteiger partial charge on any atom is -0.451 e. The molecule has 0 aromatic carbocycles. The standard InChI is InChI=1S/C11H16N2O3/c1-7(2)10-3-8(14)4-13(10)11(15)9-5-16-6-12-9/h5-8,10,14H,3-4H2,1-2H3/t8-,10+/m1/s1. The number of carbonyl (C=O) groups is 1. The first-order chi connectivity index (χ1) is 7.59. The molecule has 0 aliphatic carbocycles. The summed E-state index contributed by atoms with van der Waals surface area (Å²) in [5.41, 5.74) is 0.305. The van der Waals surface area contributed by atoms with E-state index in [-0.39, 0.29) is 11.9 Å². The Morgan fingerprint density at radius 3 is 3.00 bits per heavy atom. The molecule has 1 aliphatic rings.